The van der Waals surface area contributed by atoms with Crippen LogP contribution in [0, 0.1) is 5.82 Å². The van der Waals surface area contributed by atoms with Crippen LogP contribution in [0.5, 0.6) is 0 Å². The van der Waals surface area contributed by atoms with Crippen LogP contribution >= 0.6 is 11.6 Å². The van der Waals surface area contributed by atoms with E-state index in [1.165, 1.54) is 5.01 Å². The van der Waals surface area contributed by atoms with Gasteiger partial charge in [-0.15, -0.1) is 0 Å². The summed E-state index contributed by atoms with van der Waals surface area (Å²) in [6.45, 7) is 0.343. The van der Waals surface area contributed by atoms with E-state index in [0.29, 0.717) is 29.0 Å². The van der Waals surface area contributed by atoms with Gasteiger partial charge in [0, 0.05) is 12.1 Å². The lowest BCUT2D eigenvalue weighted by Gasteiger charge is -2.20. The summed E-state index contributed by atoms with van der Waals surface area (Å²) in [5, 5.41) is 1.73. The zero-order valence-corrected chi connectivity index (χ0v) is 13.5. The van der Waals surface area contributed by atoms with Gasteiger partial charge >= 0.3 is 6.18 Å². The lowest BCUT2D eigenvalue weighted by atomic mass is 10.1. The molecule has 25 heavy (non-hydrogen) atoms. The molecule has 2 aromatic carbocycles. The minimum Gasteiger partial charge on any atom is -0.326 e. The van der Waals surface area contributed by atoms with E-state index >= 15 is 0 Å². The maximum atomic E-state index is 14.1. The van der Waals surface area contributed by atoms with Gasteiger partial charge in [-0.2, -0.15) is 13.2 Å². The third-order valence-electron chi connectivity index (χ3n) is 3.70. The number of hydrogen-bond acceptors (Lipinski definition) is 4. The number of amidine groups is 1. The van der Waals surface area contributed by atoms with Gasteiger partial charge in [-0.05, 0) is 35.9 Å². The summed E-state index contributed by atoms with van der Waals surface area (Å²) in [5.41, 5.74) is 8.78. The van der Waals surface area contributed by atoms with Gasteiger partial charge in [0.1, 0.15) is 12.5 Å². The number of nitrogens with zero attached hydrogens (tertiary/aromatic N) is 2. The second kappa shape index (κ2) is 6.53. The van der Waals surface area contributed by atoms with Crippen molar-refractivity contribution < 1.29 is 17.6 Å². The molecule has 1 aliphatic rings. The van der Waals surface area contributed by atoms with Crippen LogP contribution in [0.1, 0.15) is 16.7 Å². The highest BCUT2D eigenvalue weighted by Crippen LogP contribution is 2.32. The van der Waals surface area contributed by atoms with E-state index in [2.05, 4.69) is 10.4 Å². The van der Waals surface area contributed by atoms with Crippen molar-refractivity contribution in [1.29, 1.82) is 0 Å². The summed E-state index contributed by atoms with van der Waals surface area (Å²) < 4.78 is 52.0. The molecule has 0 atom stereocenters. The predicted molar refractivity (Wildman–Crippen MR) is 87.8 cm³/mol. The molecule has 1 aliphatic heterocycles. The van der Waals surface area contributed by atoms with Gasteiger partial charge in [-0.1, -0.05) is 17.7 Å². The molecule has 0 spiro atoms. The molecule has 0 aliphatic carbocycles. The quantitative estimate of drug-likeness (QED) is 0.808. The number of anilines is 1. The van der Waals surface area contributed by atoms with Crippen molar-refractivity contribution in [1.82, 2.24) is 5.43 Å². The molecule has 0 bridgehead atoms. The fourth-order valence-electron chi connectivity index (χ4n) is 2.40. The summed E-state index contributed by atoms with van der Waals surface area (Å²) in [6.07, 6.45) is -4.60. The Balaban J connectivity index is 1.83. The van der Waals surface area contributed by atoms with Crippen molar-refractivity contribution in [2.24, 2.45) is 10.7 Å². The largest absolute Gasteiger partial charge is 0.416 e. The van der Waals surface area contributed by atoms with Crippen molar-refractivity contribution >= 4 is 23.1 Å². The highest BCUT2D eigenvalue weighted by atomic mass is 35.5. The van der Waals surface area contributed by atoms with E-state index in [0.717, 1.165) is 17.7 Å². The van der Waals surface area contributed by atoms with E-state index in [4.69, 9.17) is 17.3 Å². The molecule has 0 saturated heterocycles. The Morgan fingerprint density at radius 1 is 1.20 bits per heavy atom. The first-order valence-electron chi connectivity index (χ1n) is 7.24. The number of nitrogens with one attached hydrogen (secondary N) is 1. The first kappa shape index (κ1) is 17.5. The number of hydrazine groups is 1. The normalized spacial score (nSPS) is 14.5. The Morgan fingerprint density at radius 3 is 2.60 bits per heavy atom. The van der Waals surface area contributed by atoms with Crippen molar-refractivity contribution in [3.8, 4) is 0 Å². The zero-order chi connectivity index (χ0) is 18.2. The van der Waals surface area contributed by atoms with Gasteiger partial charge in [-0.25, -0.2) is 9.38 Å². The number of aliphatic imine (C=N–C) groups is 1. The molecule has 0 saturated carbocycles. The van der Waals surface area contributed by atoms with Gasteiger partial charge in [0.05, 0.1) is 16.3 Å². The molecule has 0 amide bonds. The molecule has 3 rings (SSSR count). The topological polar surface area (TPSA) is 53.6 Å². The fourth-order valence-corrected chi connectivity index (χ4v) is 2.61. The van der Waals surface area contributed by atoms with Gasteiger partial charge in [0.15, 0.2) is 5.84 Å². The SMILES string of the molecule is NCc1ccc(Cl)c(C2=NCN(c3ccc(C(F)(F)F)cc3F)N2)c1. The highest BCUT2D eigenvalue weighted by molar-refractivity contribution is 6.34. The molecule has 0 aromatic heterocycles. The van der Waals surface area contributed by atoms with E-state index < -0.39 is 17.6 Å². The average Bonchev–Trinajstić information content (AvgIpc) is 3.04. The Kier molecular flexibility index (Phi) is 4.57. The van der Waals surface area contributed by atoms with E-state index in [-0.39, 0.29) is 12.4 Å². The van der Waals surface area contributed by atoms with Crippen LogP contribution in [0.2, 0.25) is 5.02 Å². The molecule has 0 fully saturated rings. The summed E-state index contributed by atoms with van der Waals surface area (Å²) in [6, 6.07) is 7.53. The molecular weight excluding hydrogens is 360 g/mol. The fraction of sp³-hybridized carbons (Fsp3) is 0.188. The molecular formula is C16H13ClF4N4. The van der Waals surface area contributed by atoms with Crippen molar-refractivity contribution in [2.75, 3.05) is 11.7 Å². The standard InChI is InChI=1S/C16H13ClF4N4/c17-12-3-1-9(7-22)5-11(12)15-23-8-25(24-15)14-4-2-10(6-13(14)18)16(19,20)21/h1-6H,7-8,22H2,(H,23,24). The van der Waals surface area contributed by atoms with Crippen molar-refractivity contribution in [2.45, 2.75) is 12.7 Å². The second-order valence-electron chi connectivity index (χ2n) is 5.37. The summed E-state index contributed by atoms with van der Waals surface area (Å²) >= 11 is 6.15. The monoisotopic (exact) mass is 372 g/mol. The van der Waals surface area contributed by atoms with Gasteiger partial charge in [0.2, 0.25) is 0 Å². The average molecular weight is 373 g/mol. The van der Waals surface area contributed by atoms with Crippen LogP contribution in [-0.4, -0.2) is 12.5 Å². The third kappa shape index (κ3) is 3.54. The molecule has 0 radical (unpaired) electrons. The van der Waals surface area contributed by atoms with Gasteiger partial charge in [0.25, 0.3) is 0 Å². The molecule has 132 valence electrons. The van der Waals surface area contributed by atoms with Gasteiger partial charge < -0.3 is 5.73 Å². The number of rotatable bonds is 3. The molecule has 2 aromatic rings. The Bertz CT molecular complexity index is 835. The zero-order valence-electron chi connectivity index (χ0n) is 12.7. The summed E-state index contributed by atoms with van der Waals surface area (Å²) in [7, 11) is 0. The number of alkyl halides is 3. The maximum Gasteiger partial charge on any atom is 0.416 e. The van der Waals surface area contributed by atoms with E-state index in [1.54, 1.807) is 18.2 Å². The molecule has 0 unspecified atom stereocenters. The molecule has 4 nitrogen and oxygen atoms in total. The van der Waals surface area contributed by atoms with Crippen LogP contribution in [0.25, 0.3) is 0 Å². The maximum absolute atomic E-state index is 14.1. The number of benzene rings is 2. The predicted octanol–water partition coefficient (Wildman–Crippen LogP) is 3.69. The number of halogens is 5. The summed E-state index contributed by atoms with van der Waals surface area (Å²) in [4.78, 5) is 4.23. The molecule has 9 heteroatoms. The lowest BCUT2D eigenvalue weighted by molar-refractivity contribution is -0.137. The number of hydrogen-bond donors (Lipinski definition) is 2. The van der Waals surface area contributed by atoms with Crippen LogP contribution < -0.4 is 16.2 Å². The first-order chi connectivity index (χ1) is 11.8. The van der Waals surface area contributed by atoms with Crippen molar-refractivity contribution in [3.63, 3.8) is 0 Å². The second-order valence-corrected chi connectivity index (χ2v) is 5.78. The van der Waals surface area contributed by atoms with Gasteiger partial charge in [-0.3, -0.25) is 10.4 Å². The molecule has 3 N–H and O–H groups in total. The first-order valence-corrected chi connectivity index (χ1v) is 7.61. The van der Waals surface area contributed by atoms with Crippen LogP contribution in [0.4, 0.5) is 23.2 Å². The smallest absolute Gasteiger partial charge is 0.326 e. The Hall–Kier alpha value is -2.32. The minimum atomic E-state index is -4.60. The molecule has 1 heterocycles. The van der Waals surface area contributed by atoms with Crippen LogP contribution in [-0.2, 0) is 12.7 Å². The Morgan fingerprint density at radius 2 is 1.96 bits per heavy atom. The van der Waals surface area contributed by atoms with Crippen molar-refractivity contribution in [3.05, 3.63) is 63.9 Å². The lowest BCUT2D eigenvalue weighted by Crippen LogP contribution is -2.37. The number of nitrogens with two attached hydrogens (primary N) is 1. The highest BCUT2D eigenvalue weighted by Gasteiger charge is 2.32. The minimum absolute atomic E-state index is 0.0286. The van der Waals surface area contributed by atoms with E-state index in [1.807, 2.05) is 0 Å². The van der Waals surface area contributed by atoms with E-state index in [9.17, 15) is 17.6 Å². The van der Waals surface area contributed by atoms with Crippen LogP contribution in [0.15, 0.2) is 41.4 Å². The van der Waals surface area contributed by atoms with Crippen LogP contribution in [0.3, 0.4) is 0 Å². The Labute approximate surface area is 145 Å². The summed E-state index contributed by atoms with van der Waals surface area (Å²) in [5.74, 6) is -0.611. The third-order valence-corrected chi connectivity index (χ3v) is 4.03.